The van der Waals surface area contributed by atoms with Gasteiger partial charge in [-0.15, -0.1) is 0 Å². The van der Waals surface area contributed by atoms with Gasteiger partial charge >= 0.3 is 11.9 Å². The van der Waals surface area contributed by atoms with E-state index in [0.29, 0.717) is 29.7 Å². The number of hydrogen-bond acceptors (Lipinski definition) is 3. The number of carbonyl (C=O) groups is 2. The molecule has 5 nitrogen and oxygen atoms in total. The standard InChI is InChI=1S/C17H21NO4/c19-16(20)11-3-1-10(2-4-11)12-5-6-13-9-18-15(17(21)22)8-14(13)7-12/h1-4,12-15,18H,5-9H2,(H,19,20)(H,21,22)/t12-,13-,14+,15-/m0/s1. The zero-order valence-electron chi connectivity index (χ0n) is 12.4. The highest BCUT2D eigenvalue weighted by Crippen LogP contribution is 2.42. The number of benzene rings is 1. The Morgan fingerprint density at radius 3 is 2.36 bits per heavy atom. The Balaban J connectivity index is 1.69. The molecule has 2 aliphatic rings. The van der Waals surface area contributed by atoms with Crippen molar-refractivity contribution in [3.63, 3.8) is 0 Å². The van der Waals surface area contributed by atoms with Crippen molar-refractivity contribution in [3.8, 4) is 0 Å². The quantitative estimate of drug-likeness (QED) is 0.798. The van der Waals surface area contributed by atoms with E-state index in [0.717, 1.165) is 25.8 Å². The molecule has 118 valence electrons. The molecule has 0 amide bonds. The van der Waals surface area contributed by atoms with Crippen molar-refractivity contribution in [3.05, 3.63) is 35.4 Å². The molecular formula is C17H21NO4. The molecule has 0 radical (unpaired) electrons. The topological polar surface area (TPSA) is 86.6 Å². The number of piperidine rings is 1. The van der Waals surface area contributed by atoms with E-state index >= 15 is 0 Å². The number of rotatable bonds is 3. The molecule has 3 N–H and O–H groups in total. The Hall–Kier alpha value is -1.88. The number of aliphatic carboxylic acids is 1. The van der Waals surface area contributed by atoms with Crippen molar-refractivity contribution >= 4 is 11.9 Å². The van der Waals surface area contributed by atoms with E-state index in [4.69, 9.17) is 5.11 Å². The summed E-state index contributed by atoms with van der Waals surface area (Å²) < 4.78 is 0. The minimum absolute atomic E-state index is 0.310. The van der Waals surface area contributed by atoms with E-state index in [2.05, 4.69) is 5.32 Å². The van der Waals surface area contributed by atoms with Crippen LogP contribution in [0.15, 0.2) is 24.3 Å². The number of carboxylic acids is 2. The van der Waals surface area contributed by atoms with Crippen LogP contribution >= 0.6 is 0 Å². The molecule has 1 saturated heterocycles. The third kappa shape index (κ3) is 2.99. The smallest absolute Gasteiger partial charge is 0.335 e. The first-order valence-corrected chi connectivity index (χ1v) is 7.84. The third-order valence-electron chi connectivity index (χ3n) is 5.23. The molecule has 0 aromatic heterocycles. The molecule has 3 rings (SSSR count). The second kappa shape index (κ2) is 6.08. The number of fused-ring (bicyclic) bond motifs is 1. The van der Waals surface area contributed by atoms with Crippen molar-refractivity contribution in [1.82, 2.24) is 5.32 Å². The van der Waals surface area contributed by atoms with Gasteiger partial charge in [-0.3, -0.25) is 4.79 Å². The number of hydrogen-bond donors (Lipinski definition) is 3. The van der Waals surface area contributed by atoms with Gasteiger partial charge in [0.2, 0.25) is 0 Å². The lowest BCUT2D eigenvalue weighted by Crippen LogP contribution is -2.49. The van der Waals surface area contributed by atoms with Crippen molar-refractivity contribution < 1.29 is 19.8 Å². The predicted molar refractivity (Wildman–Crippen MR) is 81.0 cm³/mol. The van der Waals surface area contributed by atoms with Gasteiger partial charge in [-0.2, -0.15) is 0 Å². The first-order chi connectivity index (χ1) is 10.5. The van der Waals surface area contributed by atoms with Crippen molar-refractivity contribution in [2.75, 3.05) is 6.54 Å². The molecule has 4 atom stereocenters. The summed E-state index contributed by atoms with van der Waals surface area (Å²) >= 11 is 0. The second-order valence-electron chi connectivity index (χ2n) is 6.49. The molecule has 22 heavy (non-hydrogen) atoms. The largest absolute Gasteiger partial charge is 0.480 e. The van der Waals surface area contributed by atoms with Crippen LogP contribution in [0, 0.1) is 11.8 Å². The Morgan fingerprint density at radius 2 is 1.73 bits per heavy atom. The van der Waals surface area contributed by atoms with Crippen molar-refractivity contribution in [1.29, 1.82) is 0 Å². The van der Waals surface area contributed by atoms with Gasteiger partial charge in [-0.05, 0) is 67.7 Å². The summed E-state index contributed by atoms with van der Waals surface area (Å²) in [5, 5.41) is 21.3. The summed E-state index contributed by atoms with van der Waals surface area (Å²) in [6.45, 7) is 0.798. The van der Waals surface area contributed by atoms with Crippen LogP contribution in [-0.4, -0.2) is 34.7 Å². The van der Waals surface area contributed by atoms with Crippen molar-refractivity contribution in [2.24, 2.45) is 11.8 Å². The van der Waals surface area contributed by atoms with Gasteiger partial charge in [-0.25, -0.2) is 4.79 Å². The van der Waals surface area contributed by atoms with Crippen molar-refractivity contribution in [2.45, 2.75) is 37.6 Å². The Labute approximate surface area is 129 Å². The zero-order chi connectivity index (χ0) is 15.7. The molecule has 0 spiro atoms. The summed E-state index contributed by atoms with van der Waals surface area (Å²) in [7, 11) is 0. The van der Waals surface area contributed by atoms with Gasteiger partial charge in [0.25, 0.3) is 0 Å². The maximum atomic E-state index is 11.2. The summed E-state index contributed by atoms with van der Waals surface area (Å²) in [4.78, 5) is 22.1. The van der Waals surface area contributed by atoms with Crippen LogP contribution in [0.4, 0.5) is 0 Å². The molecule has 0 unspecified atom stereocenters. The fourth-order valence-corrected chi connectivity index (χ4v) is 3.95. The molecule has 1 aliphatic carbocycles. The van der Waals surface area contributed by atoms with E-state index in [-0.39, 0.29) is 0 Å². The molecule has 1 aromatic carbocycles. The van der Waals surface area contributed by atoms with E-state index in [1.54, 1.807) is 12.1 Å². The minimum atomic E-state index is -0.905. The van der Waals surface area contributed by atoms with Gasteiger partial charge in [-0.1, -0.05) is 12.1 Å². The summed E-state index contributed by atoms with van der Waals surface area (Å²) in [6, 6.07) is 6.71. The predicted octanol–water partition coefficient (Wildman–Crippen LogP) is 2.33. The van der Waals surface area contributed by atoms with Gasteiger partial charge in [0.1, 0.15) is 6.04 Å². The van der Waals surface area contributed by atoms with Crippen LogP contribution in [0.1, 0.15) is 47.5 Å². The second-order valence-corrected chi connectivity index (χ2v) is 6.49. The molecule has 1 saturated carbocycles. The van der Waals surface area contributed by atoms with Gasteiger partial charge in [0.15, 0.2) is 0 Å². The number of nitrogens with one attached hydrogen (secondary N) is 1. The summed E-state index contributed by atoms with van der Waals surface area (Å²) in [5.74, 6) is -0.230. The molecule has 1 aliphatic heterocycles. The summed E-state index contributed by atoms with van der Waals surface area (Å²) in [5.41, 5.74) is 1.49. The lowest BCUT2D eigenvalue weighted by atomic mass is 9.68. The minimum Gasteiger partial charge on any atom is -0.480 e. The Bertz CT molecular complexity index is 569. The number of aromatic carboxylic acids is 1. The van der Waals surface area contributed by atoms with E-state index in [1.165, 1.54) is 5.56 Å². The molecule has 1 aromatic rings. The van der Waals surface area contributed by atoms with Crippen LogP contribution in [0.25, 0.3) is 0 Å². The molecule has 2 fully saturated rings. The molecular weight excluding hydrogens is 282 g/mol. The normalized spacial score (nSPS) is 31.3. The third-order valence-corrected chi connectivity index (χ3v) is 5.23. The fourth-order valence-electron chi connectivity index (χ4n) is 3.95. The average molecular weight is 303 g/mol. The first-order valence-electron chi connectivity index (χ1n) is 7.84. The number of carboxylic acid groups (broad SMARTS) is 2. The molecule has 5 heteroatoms. The van der Waals surface area contributed by atoms with Crippen LogP contribution in [0.2, 0.25) is 0 Å². The van der Waals surface area contributed by atoms with Crippen LogP contribution in [-0.2, 0) is 4.79 Å². The SMILES string of the molecule is O=C(O)c1ccc([C@H]2CC[C@H]3CN[C@H](C(=O)O)C[C@H]3C2)cc1. The van der Waals surface area contributed by atoms with Crippen LogP contribution in [0.5, 0.6) is 0 Å². The van der Waals surface area contributed by atoms with Gasteiger partial charge < -0.3 is 15.5 Å². The van der Waals surface area contributed by atoms with E-state index < -0.39 is 18.0 Å². The summed E-state index contributed by atoms with van der Waals surface area (Å²) in [6.07, 6.45) is 3.90. The van der Waals surface area contributed by atoms with Crippen LogP contribution < -0.4 is 5.32 Å². The van der Waals surface area contributed by atoms with E-state index in [1.807, 2.05) is 12.1 Å². The maximum absolute atomic E-state index is 11.2. The van der Waals surface area contributed by atoms with Crippen LogP contribution in [0.3, 0.4) is 0 Å². The Kier molecular flexibility index (Phi) is 4.16. The lowest BCUT2D eigenvalue weighted by Gasteiger charge is -2.41. The van der Waals surface area contributed by atoms with Gasteiger partial charge in [0, 0.05) is 0 Å². The van der Waals surface area contributed by atoms with E-state index in [9.17, 15) is 14.7 Å². The fraction of sp³-hybridized carbons (Fsp3) is 0.529. The highest BCUT2D eigenvalue weighted by Gasteiger charge is 2.37. The van der Waals surface area contributed by atoms with Gasteiger partial charge in [0.05, 0.1) is 5.56 Å². The molecule has 1 heterocycles. The lowest BCUT2D eigenvalue weighted by molar-refractivity contribution is -0.141. The monoisotopic (exact) mass is 303 g/mol. The highest BCUT2D eigenvalue weighted by molar-refractivity contribution is 5.87. The average Bonchev–Trinajstić information content (AvgIpc) is 2.53. The Morgan fingerprint density at radius 1 is 1.00 bits per heavy atom. The highest BCUT2D eigenvalue weighted by atomic mass is 16.4. The first kappa shape index (κ1) is 15.0. The zero-order valence-corrected chi connectivity index (χ0v) is 12.4. The maximum Gasteiger partial charge on any atom is 0.335 e. The molecule has 0 bridgehead atoms.